The van der Waals surface area contributed by atoms with Gasteiger partial charge in [0.25, 0.3) is 0 Å². The van der Waals surface area contributed by atoms with Gasteiger partial charge in [0, 0.05) is 11.8 Å². The first kappa shape index (κ1) is 14.9. The van der Waals surface area contributed by atoms with Gasteiger partial charge in [0.05, 0.1) is 11.1 Å². The summed E-state index contributed by atoms with van der Waals surface area (Å²) in [4.78, 5) is 23.8. The maximum Gasteiger partial charge on any atom is 0.336 e. The zero-order valence-electron chi connectivity index (χ0n) is 13.6. The van der Waals surface area contributed by atoms with E-state index in [9.17, 15) is 19.8 Å². The number of aromatic carboxylic acids is 2. The average molecular weight is 342 g/mol. The minimum absolute atomic E-state index is 0.184. The fourth-order valence-corrected chi connectivity index (χ4v) is 4.66. The number of carbonyl (C=O) groups is 2. The molecule has 0 spiro atoms. The van der Waals surface area contributed by atoms with Gasteiger partial charge >= 0.3 is 11.9 Å². The third kappa shape index (κ3) is 1.73. The summed E-state index contributed by atoms with van der Waals surface area (Å²) in [7, 11) is 0. The predicted molar refractivity (Wildman–Crippen MR) is 95.1 cm³/mol. The zero-order valence-corrected chi connectivity index (χ0v) is 13.6. The molecule has 2 bridgehead atoms. The van der Waals surface area contributed by atoms with Gasteiger partial charge in [-0.25, -0.2) is 9.59 Å². The lowest BCUT2D eigenvalue weighted by molar-refractivity contribution is 0.0678. The number of benzene rings is 3. The largest absolute Gasteiger partial charge is 0.478 e. The fraction of sp³-hybridized carbons (Fsp3) is 0.0909. The molecule has 0 heterocycles. The normalized spacial score (nSPS) is 18.6. The number of hydrogen-bond donors (Lipinski definition) is 2. The Kier molecular flexibility index (Phi) is 2.89. The van der Waals surface area contributed by atoms with Crippen molar-refractivity contribution in [2.24, 2.45) is 0 Å². The molecule has 0 saturated carbocycles. The van der Waals surface area contributed by atoms with E-state index in [4.69, 9.17) is 0 Å². The summed E-state index contributed by atoms with van der Waals surface area (Å²) in [5.74, 6) is -2.57. The predicted octanol–water partition coefficient (Wildman–Crippen LogP) is 4.07. The van der Waals surface area contributed by atoms with Crippen LogP contribution in [0.1, 0.15) is 65.9 Å². The molecule has 4 heteroatoms. The van der Waals surface area contributed by atoms with Crippen LogP contribution in [0.15, 0.2) is 60.7 Å². The third-order valence-electron chi connectivity index (χ3n) is 5.56. The van der Waals surface area contributed by atoms with E-state index in [1.54, 1.807) is 0 Å². The van der Waals surface area contributed by atoms with Gasteiger partial charge in [-0.1, -0.05) is 48.5 Å². The van der Waals surface area contributed by atoms with Crippen molar-refractivity contribution < 1.29 is 19.8 Å². The molecule has 0 saturated heterocycles. The first-order valence-electron chi connectivity index (χ1n) is 8.40. The van der Waals surface area contributed by atoms with Crippen LogP contribution in [0, 0.1) is 0 Å². The molecule has 3 aromatic carbocycles. The van der Waals surface area contributed by atoms with Gasteiger partial charge in [-0.2, -0.15) is 0 Å². The van der Waals surface area contributed by atoms with E-state index in [1.807, 2.05) is 48.5 Å². The molecule has 126 valence electrons. The van der Waals surface area contributed by atoms with Crippen LogP contribution >= 0.6 is 0 Å². The Morgan fingerprint density at radius 1 is 0.577 bits per heavy atom. The van der Waals surface area contributed by atoms with Crippen LogP contribution in [0.4, 0.5) is 0 Å². The molecule has 3 aliphatic carbocycles. The average Bonchev–Trinajstić information content (AvgIpc) is 2.66. The molecule has 0 unspecified atom stereocenters. The van der Waals surface area contributed by atoms with Crippen molar-refractivity contribution in [3.63, 3.8) is 0 Å². The fourth-order valence-electron chi connectivity index (χ4n) is 4.66. The maximum atomic E-state index is 11.9. The Hall–Kier alpha value is -3.40. The highest BCUT2D eigenvalue weighted by atomic mass is 16.4. The summed E-state index contributed by atoms with van der Waals surface area (Å²) in [6.07, 6.45) is 0. The van der Waals surface area contributed by atoms with Crippen LogP contribution in [0.3, 0.4) is 0 Å². The molecule has 0 fully saturated rings. The van der Waals surface area contributed by atoms with Crippen molar-refractivity contribution in [1.82, 2.24) is 0 Å². The highest BCUT2D eigenvalue weighted by molar-refractivity contribution is 5.97. The standard InChI is InChI=1S/C22H14O4/c23-21(24)15-9-10-16(22(25)26)20-18-12-6-2-1-5-11(12)17(19(15)20)13-7-3-4-8-14(13)18/h1-10,17-18H,(H,23,24)(H,25,26). The van der Waals surface area contributed by atoms with Crippen LogP contribution in [0.2, 0.25) is 0 Å². The molecule has 3 aromatic rings. The second-order valence-electron chi connectivity index (χ2n) is 6.72. The van der Waals surface area contributed by atoms with Crippen molar-refractivity contribution in [2.45, 2.75) is 11.8 Å². The van der Waals surface area contributed by atoms with E-state index >= 15 is 0 Å². The summed E-state index contributed by atoms with van der Waals surface area (Å²) >= 11 is 0. The Morgan fingerprint density at radius 2 is 0.885 bits per heavy atom. The van der Waals surface area contributed by atoms with E-state index < -0.39 is 11.9 Å². The molecule has 0 aliphatic heterocycles. The van der Waals surface area contributed by atoms with Gasteiger partial charge in [0.1, 0.15) is 0 Å². The SMILES string of the molecule is O=C(O)c1ccc(C(=O)O)c2c1C1c3ccccc3C2c2ccccc21. The smallest absolute Gasteiger partial charge is 0.336 e. The lowest BCUT2D eigenvalue weighted by atomic mass is 9.59. The van der Waals surface area contributed by atoms with Crippen LogP contribution in [0.25, 0.3) is 0 Å². The van der Waals surface area contributed by atoms with E-state index in [0.717, 1.165) is 22.3 Å². The highest BCUT2D eigenvalue weighted by Crippen LogP contribution is 2.57. The molecule has 0 radical (unpaired) electrons. The van der Waals surface area contributed by atoms with Crippen molar-refractivity contribution in [3.05, 3.63) is 105 Å². The van der Waals surface area contributed by atoms with E-state index in [1.165, 1.54) is 12.1 Å². The summed E-state index contributed by atoms with van der Waals surface area (Å²) in [6, 6.07) is 18.7. The van der Waals surface area contributed by atoms with Crippen LogP contribution in [-0.4, -0.2) is 22.2 Å². The number of carboxylic acid groups (broad SMARTS) is 2. The van der Waals surface area contributed by atoms with Crippen LogP contribution < -0.4 is 0 Å². The summed E-state index contributed by atoms with van der Waals surface area (Å²) in [5, 5.41) is 19.5. The second kappa shape index (κ2) is 5.05. The molecule has 4 nitrogen and oxygen atoms in total. The molecule has 3 aliphatic rings. The summed E-state index contributed by atoms with van der Waals surface area (Å²) in [5.41, 5.74) is 5.87. The second-order valence-corrected chi connectivity index (χ2v) is 6.72. The topological polar surface area (TPSA) is 74.6 Å². The first-order valence-corrected chi connectivity index (χ1v) is 8.40. The number of hydrogen-bond acceptors (Lipinski definition) is 2. The quantitative estimate of drug-likeness (QED) is 0.507. The minimum atomic E-state index is -1.03. The highest BCUT2D eigenvalue weighted by Gasteiger charge is 2.44. The first-order chi connectivity index (χ1) is 12.6. The minimum Gasteiger partial charge on any atom is -0.478 e. The molecule has 6 rings (SSSR count). The van der Waals surface area contributed by atoms with Crippen molar-refractivity contribution in [2.75, 3.05) is 0 Å². The maximum absolute atomic E-state index is 11.9. The van der Waals surface area contributed by atoms with Gasteiger partial charge in [0.15, 0.2) is 0 Å². The van der Waals surface area contributed by atoms with Gasteiger partial charge in [-0.05, 0) is 45.5 Å². The van der Waals surface area contributed by atoms with Crippen molar-refractivity contribution in [1.29, 1.82) is 0 Å². The van der Waals surface area contributed by atoms with Gasteiger partial charge in [0.2, 0.25) is 0 Å². The van der Waals surface area contributed by atoms with Crippen LogP contribution in [0.5, 0.6) is 0 Å². The Labute approximate surface area is 149 Å². The summed E-state index contributed by atoms with van der Waals surface area (Å²) in [6.45, 7) is 0. The van der Waals surface area contributed by atoms with Gasteiger partial charge < -0.3 is 10.2 Å². The van der Waals surface area contributed by atoms with Gasteiger partial charge in [-0.15, -0.1) is 0 Å². The third-order valence-corrected chi connectivity index (χ3v) is 5.56. The lowest BCUT2D eigenvalue weighted by Crippen LogP contribution is -2.31. The van der Waals surface area contributed by atoms with E-state index in [0.29, 0.717) is 11.1 Å². The van der Waals surface area contributed by atoms with E-state index in [2.05, 4.69) is 0 Å². The molecule has 0 atom stereocenters. The van der Waals surface area contributed by atoms with Gasteiger partial charge in [-0.3, -0.25) is 0 Å². The molecule has 0 aromatic heterocycles. The summed E-state index contributed by atoms with van der Waals surface area (Å²) < 4.78 is 0. The molecular weight excluding hydrogens is 328 g/mol. The molecule has 0 amide bonds. The van der Waals surface area contributed by atoms with Crippen molar-refractivity contribution >= 4 is 11.9 Å². The van der Waals surface area contributed by atoms with E-state index in [-0.39, 0.29) is 23.0 Å². The Balaban J connectivity index is 1.96. The Bertz CT molecular complexity index is 978. The number of rotatable bonds is 2. The van der Waals surface area contributed by atoms with Crippen LogP contribution in [-0.2, 0) is 0 Å². The zero-order chi connectivity index (χ0) is 18.0. The molecular formula is C22H14O4. The van der Waals surface area contributed by atoms with Crippen molar-refractivity contribution in [3.8, 4) is 0 Å². The molecule has 2 N–H and O–H groups in total. The lowest BCUT2D eigenvalue weighted by Gasteiger charge is -2.43. The molecule has 26 heavy (non-hydrogen) atoms. The number of carboxylic acids is 2. The monoisotopic (exact) mass is 342 g/mol. The Morgan fingerprint density at radius 3 is 1.15 bits per heavy atom.